The lowest BCUT2D eigenvalue weighted by Crippen LogP contribution is -2.12. The first-order valence-corrected chi connectivity index (χ1v) is 7.08. The standard InChI is InChI=1S/C16H13F2N5O/c1-9(14-11(17)3-4-12(18)15(14)24-2)21-13-5-6-23-16(22-13)10(7-19)8-20-23/h3-6,8-9H,1-2H3,(H,21,22)/t9-/m1/s1. The van der Waals surface area contributed by atoms with Gasteiger partial charge in [-0.15, -0.1) is 0 Å². The SMILES string of the molecule is COc1c(F)ccc(F)c1[C@@H](C)Nc1ccn2ncc(C#N)c2n1. The van der Waals surface area contributed by atoms with Gasteiger partial charge in [0.1, 0.15) is 23.3 Å². The van der Waals surface area contributed by atoms with E-state index in [0.717, 1.165) is 12.1 Å². The van der Waals surface area contributed by atoms with Crippen molar-refractivity contribution in [1.82, 2.24) is 14.6 Å². The van der Waals surface area contributed by atoms with Gasteiger partial charge in [0, 0.05) is 6.20 Å². The third-order valence-electron chi connectivity index (χ3n) is 3.59. The Kier molecular flexibility index (Phi) is 4.00. The lowest BCUT2D eigenvalue weighted by molar-refractivity contribution is 0.374. The van der Waals surface area contributed by atoms with Crippen molar-refractivity contribution < 1.29 is 13.5 Å². The molecule has 1 N–H and O–H groups in total. The van der Waals surface area contributed by atoms with Crippen molar-refractivity contribution in [3.8, 4) is 11.8 Å². The van der Waals surface area contributed by atoms with E-state index in [1.165, 1.54) is 17.8 Å². The second-order valence-corrected chi connectivity index (χ2v) is 5.09. The largest absolute Gasteiger partial charge is 0.493 e. The second kappa shape index (κ2) is 6.12. The zero-order valence-corrected chi connectivity index (χ0v) is 12.9. The monoisotopic (exact) mass is 329 g/mol. The van der Waals surface area contributed by atoms with Crippen LogP contribution in [0.2, 0.25) is 0 Å². The molecule has 0 aliphatic heterocycles. The highest BCUT2D eigenvalue weighted by Gasteiger charge is 2.20. The molecule has 122 valence electrons. The van der Waals surface area contributed by atoms with E-state index in [4.69, 9.17) is 10.00 Å². The molecule has 0 unspecified atom stereocenters. The number of hydrogen-bond donors (Lipinski definition) is 1. The molecule has 0 amide bonds. The van der Waals surface area contributed by atoms with Gasteiger partial charge in [0.05, 0.1) is 24.9 Å². The van der Waals surface area contributed by atoms with Gasteiger partial charge in [-0.1, -0.05) is 0 Å². The summed E-state index contributed by atoms with van der Waals surface area (Å²) in [5.41, 5.74) is 0.760. The highest BCUT2D eigenvalue weighted by atomic mass is 19.1. The predicted molar refractivity (Wildman–Crippen MR) is 82.6 cm³/mol. The third kappa shape index (κ3) is 2.60. The summed E-state index contributed by atoms with van der Waals surface area (Å²) < 4.78 is 34.4. The maximum absolute atomic E-state index is 14.1. The van der Waals surface area contributed by atoms with Crippen LogP contribution in [0.1, 0.15) is 24.1 Å². The molecule has 1 atom stereocenters. The number of fused-ring (bicyclic) bond motifs is 1. The van der Waals surface area contributed by atoms with Crippen molar-refractivity contribution in [2.24, 2.45) is 0 Å². The van der Waals surface area contributed by atoms with Gasteiger partial charge in [-0.3, -0.25) is 0 Å². The molecule has 0 bridgehead atoms. The Hall–Kier alpha value is -3.21. The quantitative estimate of drug-likeness (QED) is 0.796. The van der Waals surface area contributed by atoms with Crippen LogP contribution in [-0.2, 0) is 0 Å². The van der Waals surface area contributed by atoms with Crippen molar-refractivity contribution in [2.75, 3.05) is 12.4 Å². The fourth-order valence-electron chi connectivity index (χ4n) is 2.48. The van der Waals surface area contributed by atoms with Crippen LogP contribution >= 0.6 is 0 Å². The summed E-state index contributed by atoms with van der Waals surface area (Å²) in [6, 6.07) is 5.07. The Morgan fingerprint density at radius 1 is 1.29 bits per heavy atom. The van der Waals surface area contributed by atoms with Crippen molar-refractivity contribution in [3.63, 3.8) is 0 Å². The van der Waals surface area contributed by atoms with Crippen LogP contribution in [0.5, 0.6) is 5.75 Å². The molecule has 0 fully saturated rings. The molecule has 0 saturated heterocycles. The number of nitriles is 1. The molecule has 8 heteroatoms. The predicted octanol–water partition coefficient (Wildman–Crippen LogP) is 3.06. The zero-order chi connectivity index (χ0) is 17.3. The molecule has 2 aromatic heterocycles. The van der Waals surface area contributed by atoms with Gasteiger partial charge in [-0.25, -0.2) is 18.3 Å². The Morgan fingerprint density at radius 3 is 2.75 bits per heavy atom. The number of benzene rings is 1. The fraction of sp³-hybridized carbons (Fsp3) is 0.188. The molecule has 0 radical (unpaired) electrons. The first-order valence-electron chi connectivity index (χ1n) is 7.08. The van der Waals surface area contributed by atoms with Crippen LogP contribution in [0.25, 0.3) is 5.65 Å². The van der Waals surface area contributed by atoms with Crippen molar-refractivity contribution in [1.29, 1.82) is 5.26 Å². The Labute approximate surface area is 136 Å². The summed E-state index contributed by atoms with van der Waals surface area (Å²) in [6.07, 6.45) is 3.03. The number of halogens is 2. The van der Waals surface area contributed by atoms with Gasteiger partial charge in [-0.05, 0) is 25.1 Å². The van der Waals surface area contributed by atoms with Gasteiger partial charge in [0.2, 0.25) is 0 Å². The van der Waals surface area contributed by atoms with E-state index in [1.54, 1.807) is 19.2 Å². The number of nitrogens with one attached hydrogen (secondary N) is 1. The lowest BCUT2D eigenvalue weighted by atomic mass is 10.1. The lowest BCUT2D eigenvalue weighted by Gasteiger charge is -2.19. The van der Waals surface area contributed by atoms with E-state index >= 15 is 0 Å². The number of aromatic nitrogens is 3. The zero-order valence-electron chi connectivity index (χ0n) is 12.9. The summed E-state index contributed by atoms with van der Waals surface area (Å²) in [6.45, 7) is 1.66. The van der Waals surface area contributed by atoms with E-state index in [1.807, 2.05) is 6.07 Å². The highest BCUT2D eigenvalue weighted by Crippen LogP contribution is 2.32. The summed E-state index contributed by atoms with van der Waals surface area (Å²) in [4.78, 5) is 4.29. The summed E-state index contributed by atoms with van der Waals surface area (Å²) >= 11 is 0. The highest BCUT2D eigenvalue weighted by molar-refractivity contribution is 5.57. The van der Waals surface area contributed by atoms with Crippen LogP contribution in [0.3, 0.4) is 0 Å². The molecule has 1 aromatic carbocycles. The number of ether oxygens (including phenoxy) is 1. The number of anilines is 1. The van der Waals surface area contributed by atoms with Crippen molar-refractivity contribution >= 4 is 11.5 Å². The van der Waals surface area contributed by atoms with E-state index in [2.05, 4.69) is 15.4 Å². The first-order chi connectivity index (χ1) is 11.5. The number of hydrogen-bond acceptors (Lipinski definition) is 5. The normalized spacial score (nSPS) is 12.0. The Morgan fingerprint density at radius 2 is 2.04 bits per heavy atom. The maximum Gasteiger partial charge on any atom is 0.175 e. The maximum atomic E-state index is 14.1. The molecule has 2 heterocycles. The van der Waals surface area contributed by atoms with E-state index in [9.17, 15) is 8.78 Å². The number of rotatable bonds is 4. The van der Waals surface area contributed by atoms with Gasteiger partial charge in [0.25, 0.3) is 0 Å². The van der Waals surface area contributed by atoms with Gasteiger partial charge in [0.15, 0.2) is 17.2 Å². The summed E-state index contributed by atoms with van der Waals surface area (Å²) in [5, 5.41) is 16.0. The summed E-state index contributed by atoms with van der Waals surface area (Å²) in [7, 11) is 1.28. The molecule has 0 aliphatic rings. The average Bonchev–Trinajstić information content (AvgIpc) is 2.98. The minimum Gasteiger partial charge on any atom is -0.493 e. The van der Waals surface area contributed by atoms with Crippen LogP contribution in [0.4, 0.5) is 14.6 Å². The first kappa shape index (κ1) is 15.7. The summed E-state index contributed by atoms with van der Waals surface area (Å²) in [5.74, 6) is -0.985. The minimum absolute atomic E-state index is 0.0631. The molecule has 0 saturated carbocycles. The molecule has 3 aromatic rings. The molecule has 0 aliphatic carbocycles. The Bertz CT molecular complexity index is 948. The van der Waals surface area contributed by atoms with Crippen molar-refractivity contribution in [2.45, 2.75) is 13.0 Å². The van der Waals surface area contributed by atoms with E-state index in [-0.39, 0.29) is 11.3 Å². The smallest absolute Gasteiger partial charge is 0.175 e. The molecule has 3 rings (SSSR count). The molecule has 0 spiro atoms. The number of nitrogens with zero attached hydrogens (tertiary/aromatic N) is 4. The van der Waals surface area contributed by atoms with E-state index < -0.39 is 17.7 Å². The van der Waals surface area contributed by atoms with Crippen LogP contribution in [-0.4, -0.2) is 21.7 Å². The molecular formula is C16H13F2N5O. The fourth-order valence-corrected chi connectivity index (χ4v) is 2.48. The van der Waals surface area contributed by atoms with Crippen molar-refractivity contribution in [3.05, 3.63) is 53.4 Å². The molecular weight excluding hydrogens is 316 g/mol. The molecule has 24 heavy (non-hydrogen) atoms. The topological polar surface area (TPSA) is 75.2 Å². The molecule has 6 nitrogen and oxygen atoms in total. The van der Waals surface area contributed by atoms with Crippen LogP contribution in [0, 0.1) is 23.0 Å². The van der Waals surface area contributed by atoms with Gasteiger partial charge in [-0.2, -0.15) is 10.4 Å². The minimum atomic E-state index is -0.645. The van der Waals surface area contributed by atoms with Crippen LogP contribution < -0.4 is 10.1 Å². The second-order valence-electron chi connectivity index (χ2n) is 5.09. The van der Waals surface area contributed by atoms with Gasteiger partial charge < -0.3 is 10.1 Å². The van der Waals surface area contributed by atoms with Crippen LogP contribution in [0.15, 0.2) is 30.6 Å². The average molecular weight is 329 g/mol. The third-order valence-corrected chi connectivity index (χ3v) is 3.59. The number of methoxy groups -OCH3 is 1. The van der Waals surface area contributed by atoms with E-state index in [0.29, 0.717) is 17.0 Å². The van der Waals surface area contributed by atoms with Gasteiger partial charge >= 0.3 is 0 Å². The Balaban J connectivity index is 1.97.